The maximum atomic E-state index is 12.5. The molecule has 0 spiro atoms. The van der Waals surface area contributed by atoms with Crippen molar-refractivity contribution in [2.75, 3.05) is 19.8 Å². The van der Waals surface area contributed by atoms with Gasteiger partial charge in [-0.15, -0.1) is 0 Å². The fourth-order valence-electron chi connectivity index (χ4n) is 3.06. The largest absolute Gasteiger partial charge is 0.513 e. The number of ether oxygens (including phenoxy) is 7. The minimum atomic E-state index is -1.09. The first-order valence-corrected chi connectivity index (χ1v) is 13.4. The van der Waals surface area contributed by atoms with Crippen LogP contribution in [-0.4, -0.2) is 62.5 Å². The van der Waals surface area contributed by atoms with Gasteiger partial charge in [0.2, 0.25) is 0 Å². The summed E-state index contributed by atoms with van der Waals surface area (Å²) in [5.74, 6) is -0.768. The summed E-state index contributed by atoms with van der Waals surface area (Å²) in [5.41, 5.74) is 6.51. The summed E-state index contributed by atoms with van der Waals surface area (Å²) < 4.78 is 35.9. The van der Waals surface area contributed by atoms with Gasteiger partial charge in [-0.25, -0.2) is 14.4 Å². The van der Waals surface area contributed by atoms with Crippen LogP contribution in [0.3, 0.4) is 0 Å². The minimum Gasteiger partial charge on any atom is -0.458 e. The second kappa shape index (κ2) is 17.9. The van der Waals surface area contributed by atoms with E-state index in [1.807, 2.05) is 34.6 Å². The number of esters is 1. The second-order valence-corrected chi connectivity index (χ2v) is 10.2. The quantitative estimate of drug-likeness (QED) is 0.168. The maximum absolute atomic E-state index is 12.5. The smallest absolute Gasteiger partial charge is 0.458 e. The van der Waals surface area contributed by atoms with Gasteiger partial charge in [0.05, 0.1) is 13.2 Å². The summed E-state index contributed by atoms with van der Waals surface area (Å²) in [5, 5.41) is 0. The number of nitrogens with two attached hydrogens (primary N) is 1. The molecule has 0 saturated heterocycles. The Balaban J connectivity index is 2.82. The second-order valence-electron chi connectivity index (χ2n) is 10.2. The first-order valence-electron chi connectivity index (χ1n) is 13.4. The average Bonchev–Trinajstić information content (AvgIpc) is 2.86. The van der Waals surface area contributed by atoms with Gasteiger partial charge in [-0.1, -0.05) is 47.1 Å². The molecule has 1 aromatic carbocycles. The van der Waals surface area contributed by atoms with Crippen LogP contribution in [0.4, 0.5) is 14.4 Å². The number of hydrogen-bond acceptors (Lipinski definition) is 12. The molecule has 2 N–H and O–H groups in total. The third kappa shape index (κ3) is 14.6. The molecule has 0 aromatic heterocycles. The molecule has 0 aliphatic heterocycles. The summed E-state index contributed by atoms with van der Waals surface area (Å²) >= 11 is 0. The third-order valence-electron chi connectivity index (χ3n) is 4.97. The van der Waals surface area contributed by atoms with Gasteiger partial charge in [0, 0.05) is 0 Å². The molecule has 0 aliphatic carbocycles. The molecule has 12 nitrogen and oxygen atoms in total. The highest BCUT2D eigenvalue weighted by atomic mass is 16.7. The number of rotatable bonds is 15. The first-order chi connectivity index (χ1) is 18.8. The van der Waals surface area contributed by atoms with Gasteiger partial charge < -0.3 is 38.9 Å². The van der Waals surface area contributed by atoms with Gasteiger partial charge in [0.15, 0.2) is 11.5 Å². The first kappa shape index (κ1) is 34.5. The van der Waals surface area contributed by atoms with E-state index in [-0.39, 0.29) is 55.7 Å². The van der Waals surface area contributed by atoms with E-state index in [0.717, 1.165) is 6.42 Å². The summed E-state index contributed by atoms with van der Waals surface area (Å²) in [6.07, 6.45) is -2.30. The van der Waals surface area contributed by atoms with Crippen LogP contribution in [-0.2, 0) is 34.9 Å². The molecule has 0 saturated carbocycles. The zero-order valence-corrected chi connectivity index (χ0v) is 24.4. The van der Waals surface area contributed by atoms with Crippen molar-refractivity contribution in [3.63, 3.8) is 0 Å². The SMILES string of the molecule is CCCC(C)OC(=O)OC[C@H](C)OC(=O)[C@@H](N)Cc1ccc(OC(=O)OCC(C)C)c(OC(=O)OCC(C)C)c1. The predicted octanol–water partition coefficient (Wildman–Crippen LogP) is 5.17. The summed E-state index contributed by atoms with van der Waals surface area (Å²) in [6.45, 7) is 12.8. The van der Waals surface area contributed by atoms with E-state index in [9.17, 15) is 19.2 Å². The summed E-state index contributed by atoms with van der Waals surface area (Å²) in [4.78, 5) is 48.5. The third-order valence-corrected chi connectivity index (χ3v) is 4.97. The van der Waals surface area contributed by atoms with Crippen LogP contribution in [0.2, 0.25) is 0 Å². The highest BCUT2D eigenvalue weighted by molar-refractivity contribution is 5.76. The zero-order chi connectivity index (χ0) is 30.2. The lowest BCUT2D eigenvalue weighted by Gasteiger charge is -2.18. The minimum absolute atomic E-state index is 0.00153. The van der Waals surface area contributed by atoms with Crippen molar-refractivity contribution in [3.8, 4) is 11.5 Å². The Kier molecular flexibility index (Phi) is 15.5. The number of hydrogen-bond donors (Lipinski definition) is 1. The predicted molar refractivity (Wildman–Crippen MR) is 144 cm³/mol. The Morgan fingerprint density at radius 1 is 0.725 bits per heavy atom. The van der Waals surface area contributed by atoms with Gasteiger partial charge in [-0.2, -0.15) is 0 Å². The molecule has 226 valence electrons. The van der Waals surface area contributed by atoms with Crippen molar-refractivity contribution in [2.24, 2.45) is 17.6 Å². The summed E-state index contributed by atoms with van der Waals surface area (Å²) in [6, 6.07) is 3.23. The molecule has 40 heavy (non-hydrogen) atoms. The van der Waals surface area contributed by atoms with Gasteiger partial charge >= 0.3 is 24.4 Å². The molecule has 0 radical (unpaired) electrons. The Morgan fingerprint density at radius 3 is 1.82 bits per heavy atom. The number of benzene rings is 1. The Morgan fingerprint density at radius 2 is 1.27 bits per heavy atom. The van der Waals surface area contributed by atoms with Crippen LogP contribution in [0.1, 0.15) is 66.9 Å². The van der Waals surface area contributed by atoms with Gasteiger partial charge in [-0.3, -0.25) is 4.79 Å². The van der Waals surface area contributed by atoms with E-state index in [0.29, 0.717) is 12.0 Å². The van der Waals surface area contributed by atoms with Crippen molar-refractivity contribution in [2.45, 2.75) is 86.0 Å². The molecule has 0 heterocycles. The lowest BCUT2D eigenvalue weighted by Crippen LogP contribution is -2.37. The van der Waals surface area contributed by atoms with Gasteiger partial charge in [-0.05, 0) is 56.2 Å². The highest BCUT2D eigenvalue weighted by Gasteiger charge is 2.22. The van der Waals surface area contributed by atoms with Crippen molar-refractivity contribution in [3.05, 3.63) is 23.8 Å². The number of carbonyl (C=O) groups excluding carboxylic acids is 4. The monoisotopic (exact) mass is 569 g/mol. The van der Waals surface area contributed by atoms with Crippen LogP contribution < -0.4 is 15.2 Å². The maximum Gasteiger partial charge on any atom is 0.513 e. The van der Waals surface area contributed by atoms with Crippen molar-refractivity contribution < 1.29 is 52.3 Å². The molecule has 3 atom stereocenters. The van der Waals surface area contributed by atoms with Crippen molar-refractivity contribution in [1.29, 1.82) is 0 Å². The highest BCUT2D eigenvalue weighted by Crippen LogP contribution is 2.30. The Bertz CT molecular complexity index is 964. The van der Waals surface area contributed by atoms with E-state index in [1.165, 1.54) is 12.1 Å². The number of carbonyl (C=O) groups is 4. The molecular formula is C28H43NO11. The van der Waals surface area contributed by atoms with Gasteiger partial charge in [0.1, 0.15) is 24.9 Å². The molecule has 0 bridgehead atoms. The molecule has 1 rings (SSSR count). The molecule has 0 fully saturated rings. The summed E-state index contributed by atoms with van der Waals surface area (Å²) in [7, 11) is 0. The lowest BCUT2D eigenvalue weighted by molar-refractivity contribution is -0.152. The standard InChI is InChI=1S/C28H43NO11/c1-8-9-19(6)38-26(31)36-16-20(7)37-25(30)22(29)12-21-10-11-23(39-27(32)34-14-17(2)3)24(13-21)40-28(33)35-15-18(4)5/h10-11,13,17-20,22H,8-9,12,14-16,29H2,1-7H3/t19?,20-,22-/m0/s1. The topological polar surface area (TPSA) is 159 Å². The van der Waals surface area contributed by atoms with E-state index in [4.69, 9.17) is 38.9 Å². The van der Waals surface area contributed by atoms with E-state index in [1.54, 1.807) is 19.9 Å². The fraction of sp³-hybridized carbons (Fsp3) is 0.643. The van der Waals surface area contributed by atoms with E-state index >= 15 is 0 Å². The Labute approximate surface area is 235 Å². The van der Waals surface area contributed by atoms with E-state index < -0.39 is 36.6 Å². The molecule has 0 aliphatic rings. The zero-order valence-electron chi connectivity index (χ0n) is 24.4. The van der Waals surface area contributed by atoms with Crippen LogP contribution in [0.5, 0.6) is 11.5 Å². The fourth-order valence-corrected chi connectivity index (χ4v) is 3.06. The van der Waals surface area contributed by atoms with Crippen molar-refractivity contribution >= 4 is 24.4 Å². The molecule has 0 amide bonds. The average molecular weight is 570 g/mol. The molecule has 12 heteroatoms. The van der Waals surface area contributed by atoms with Crippen molar-refractivity contribution in [1.82, 2.24) is 0 Å². The molecule has 1 unspecified atom stereocenters. The van der Waals surface area contributed by atoms with E-state index in [2.05, 4.69) is 0 Å². The normalized spacial score (nSPS) is 13.2. The molecule has 1 aromatic rings. The Hall–Kier alpha value is -3.54. The molecular weight excluding hydrogens is 526 g/mol. The van der Waals surface area contributed by atoms with Crippen LogP contribution in [0.25, 0.3) is 0 Å². The van der Waals surface area contributed by atoms with Crippen LogP contribution in [0.15, 0.2) is 18.2 Å². The van der Waals surface area contributed by atoms with Crippen LogP contribution in [0, 0.1) is 11.8 Å². The van der Waals surface area contributed by atoms with Crippen LogP contribution >= 0.6 is 0 Å². The van der Waals surface area contributed by atoms with Gasteiger partial charge in [0.25, 0.3) is 0 Å². The lowest BCUT2D eigenvalue weighted by atomic mass is 10.1.